The van der Waals surface area contributed by atoms with Crippen molar-refractivity contribution in [3.05, 3.63) is 27.8 Å². The van der Waals surface area contributed by atoms with E-state index in [0.717, 1.165) is 35.5 Å². The SMILES string of the molecule is Cc1cc(N=C=N[C@H]2CCc3sc(NC(=O)C4CC45CC5)c(C(=O)NCC4CC4)c3C2)n(C)n1. The minimum Gasteiger partial charge on any atom is -0.352 e. The molecule has 2 heterocycles. The predicted molar refractivity (Wildman–Crippen MR) is 131 cm³/mol. The molecule has 34 heavy (non-hydrogen) atoms. The van der Waals surface area contributed by atoms with Crippen LogP contribution in [0.15, 0.2) is 16.1 Å². The van der Waals surface area contributed by atoms with Gasteiger partial charge in [-0.05, 0) is 75.2 Å². The summed E-state index contributed by atoms with van der Waals surface area (Å²) >= 11 is 1.57. The van der Waals surface area contributed by atoms with Gasteiger partial charge in [0.2, 0.25) is 5.91 Å². The Morgan fingerprint density at radius 2 is 2.15 bits per heavy atom. The van der Waals surface area contributed by atoms with Crippen LogP contribution in [0.4, 0.5) is 10.8 Å². The summed E-state index contributed by atoms with van der Waals surface area (Å²) in [6, 6.07) is 4.76. The number of anilines is 1. The Hall–Kier alpha value is -2.77. The van der Waals surface area contributed by atoms with Crippen molar-refractivity contribution in [1.82, 2.24) is 15.1 Å². The second kappa shape index (κ2) is 8.17. The van der Waals surface area contributed by atoms with Crippen molar-refractivity contribution in [2.45, 2.75) is 64.3 Å². The minimum absolute atomic E-state index is 0.0110. The number of hydrogen-bond acceptors (Lipinski definition) is 6. The molecule has 1 spiro atoms. The fraction of sp³-hybridized carbons (Fsp3) is 0.600. The molecule has 0 aromatic carbocycles. The smallest absolute Gasteiger partial charge is 0.254 e. The number of hydrogen-bond donors (Lipinski definition) is 2. The molecule has 3 fully saturated rings. The average Bonchev–Trinajstić information content (AvgIpc) is 3.74. The summed E-state index contributed by atoms with van der Waals surface area (Å²) in [5, 5.41) is 11.3. The third-order valence-electron chi connectivity index (χ3n) is 7.73. The van der Waals surface area contributed by atoms with E-state index in [0.29, 0.717) is 35.7 Å². The molecule has 6 rings (SSSR count). The van der Waals surface area contributed by atoms with Gasteiger partial charge in [0.1, 0.15) is 5.00 Å². The highest BCUT2D eigenvalue weighted by Gasteiger charge is 2.65. The van der Waals surface area contributed by atoms with Gasteiger partial charge in [-0.25, -0.2) is 4.99 Å². The summed E-state index contributed by atoms with van der Waals surface area (Å²) in [4.78, 5) is 36.2. The van der Waals surface area contributed by atoms with Gasteiger partial charge in [-0.1, -0.05) is 0 Å². The molecule has 178 valence electrons. The highest BCUT2D eigenvalue weighted by molar-refractivity contribution is 7.17. The Balaban J connectivity index is 1.23. The first kappa shape index (κ1) is 21.7. The molecule has 0 saturated heterocycles. The van der Waals surface area contributed by atoms with Crippen molar-refractivity contribution >= 4 is 40.0 Å². The Kier molecular flexibility index (Phi) is 5.22. The van der Waals surface area contributed by atoms with Crippen LogP contribution in [0.2, 0.25) is 0 Å². The zero-order valence-corrected chi connectivity index (χ0v) is 20.5. The van der Waals surface area contributed by atoms with Crippen molar-refractivity contribution in [2.24, 2.45) is 34.3 Å². The van der Waals surface area contributed by atoms with Crippen LogP contribution in [0, 0.1) is 24.2 Å². The number of fused-ring (bicyclic) bond motifs is 1. The number of aromatic nitrogens is 2. The van der Waals surface area contributed by atoms with Crippen LogP contribution in [0.5, 0.6) is 0 Å². The molecule has 2 N–H and O–H groups in total. The maximum Gasteiger partial charge on any atom is 0.254 e. The number of nitrogens with one attached hydrogen (secondary N) is 2. The van der Waals surface area contributed by atoms with E-state index in [1.165, 1.54) is 30.6 Å². The molecule has 2 aromatic heterocycles. The van der Waals surface area contributed by atoms with Crippen LogP contribution < -0.4 is 10.6 Å². The molecule has 2 aromatic rings. The summed E-state index contributed by atoms with van der Waals surface area (Å²) in [6.45, 7) is 2.64. The zero-order chi connectivity index (χ0) is 23.4. The van der Waals surface area contributed by atoms with Crippen molar-refractivity contribution in [3.63, 3.8) is 0 Å². The van der Waals surface area contributed by atoms with Crippen LogP contribution in [0.1, 0.15) is 65.0 Å². The number of rotatable bonds is 7. The molecule has 2 atom stereocenters. The van der Waals surface area contributed by atoms with Gasteiger partial charge in [0, 0.05) is 30.5 Å². The first-order chi connectivity index (χ1) is 16.4. The van der Waals surface area contributed by atoms with E-state index in [9.17, 15) is 9.59 Å². The lowest BCUT2D eigenvalue weighted by atomic mass is 9.91. The molecular formula is C25H30N6O2S. The Bertz CT molecular complexity index is 1230. The summed E-state index contributed by atoms with van der Waals surface area (Å²) < 4.78 is 1.71. The second-order valence-corrected chi connectivity index (χ2v) is 11.6. The topological polar surface area (TPSA) is 101 Å². The maximum atomic E-state index is 13.3. The highest BCUT2D eigenvalue weighted by Crippen LogP contribution is 2.70. The molecule has 4 aliphatic rings. The summed E-state index contributed by atoms with van der Waals surface area (Å²) in [7, 11) is 1.85. The summed E-state index contributed by atoms with van der Waals surface area (Å²) in [5.41, 5.74) is 2.88. The molecule has 8 nitrogen and oxygen atoms in total. The van der Waals surface area contributed by atoms with E-state index in [-0.39, 0.29) is 23.8 Å². The second-order valence-electron chi connectivity index (χ2n) is 10.5. The molecule has 0 bridgehead atoms. The van der Waals surface area contributed by atoms with Crippen LogP contribution in [-0.2, 0) is 24.7 Å². The van der Waals surface area contributed by atoms with Gasteiger partial charge in [0.15, 0.2) is 5.82 Å². The molecule has 4 aliphatic carbocycles. The first-order valence-electron chi connectivity index (χ1n) is 12.3. The van der Waals surface area contributed by atoms with Crippen LogP contribution >= 0.6 is 11.3 Å². The van der Waals surface area contributed by atoms with Crippen molar-refractivity contribution < 1.29 is 9.59 Å². The lowest BCUT2D eigenvalue weighted by Crippen LogP contribution is -2.28. The zero-order valence-electron chi connectivity index (χ0n) is 19.7. The van der Waals surface area contributed by atoms with Crippen LogP contribution in [-0.4, -0.2) is 40.2 Å². The third-order valence-corrected chi connectivity index (χ3v) is 8.93. The van der Waals surface area contributed by atoms with Crippen molar-refractivity contribution in [3.8, 4) is 0 Å². The van der Waals surface area contributed by atoms with E-state index in [4.69, 9.17) is 0 Å². The van der Waals surface area contributed by atoms with Gasteiger partial charge in [-0.3, -0.25) is 14.3 Å². The van der Waals surface area contributed by atoms with E-state index >= 15 is 0 Å². The van der Waals surface area contributed by atoms with Gasteiger partial charge in [0.25, 0.3) is 5.91 Å². The standard InChI is InChI=1S/C25H30N6O2S/c1-14-9-20(31(2)30-14)28-13-27-16-5-6-19-17(10-16)21(23(33)26-12-15-3-4-15)24(34-19)29-22(32)18-11-25(18)7-8-25/h9,15-16,18H,3-8,10-12H2,1-2H3,(H,26,33)(H,29,32)/t16-,18?/m0/s1. The van der Waals surface area contributed by atoms with E-state index in [1.54, 1.807) is 16.0 Å². The van der Waals surface area contributed by atoms with Gasteiger partial charge in [0.05, 0.1) is 23.3 Å². The average molecular weight is 479 g/mol. The Labute approximate surface area is 202 Å². The van der Waals surface area contributed by atoms with Gasteiger partial charge >= 0.3 is 0 Å². The Morgan fingerprint density at radius 1 is 1.32 bits per heavy atom. The van der Waals surface area contributed by atoms with E-state index in [2.05, 4.69) is 31.7 Å². The van der Waals surface area contributed by atoms with Gasteiger partial charge in [-0.2, -0.15) is 10.1 Å². The van der Waals surface area contributed by atoms with Crippen LogP contribution in [0.25, 0.3) is 0 Å². The minimum atomic E-state index is -0.0692. The van der Waals surface area contributed by atoms with Crippen LogP contribution in [0.3, 0.4) is 0 Å². The quantitative estimate of drug-likeness (QED) is 0.588. The molecule has 3 saturated carbocycles. The lowest BCUT2D eigenvalue weighted by Gasteiger charge is -2.18. The maximum absolute atomic E-state index is 13.3. The fourth-order valence-electron chi connectivity index (χ4n) is 5.15. The predicted octanol–water partition coefficient (Wildman–Crippen LogP) is 4.03. The molecule has 2 amide bonds. The summed E-state index contributed by atoms with van der Waals surface area (Å²) in [5.74, 6) is 1.45. The largest absolute Gasteiger partial charge is 0.352 e. The number of nitrogens with zero attached hydrogens (tertiary/aromatic N) is 4. The first-order valence-corrected chi connectivity index (χ1v) is 13.1. The lowest BCUT2D eigenvalue weighted by molar-refractivity contribution is -0.117. The number of carbonyl (C=O) groups excluding carboxylic acids is 2. The summed E-state index contributed by atoms with van der Waals surface area (Å²) in [6.07, 6.45) is 8.08. The van der Waals surface area contributed by atoms with E-state index in [1.807, 2.05) is 20.0 Å². The number of aryl methyl sites for hydroxylation is 3. The normalized spacial score (nSPS) is 23.6. The number of carbonyl (C=O) groups is 2. The molecule has 9 heteroatoms. The third kappa shape index (κ3) is 4.23. The molecular weight excluding hydrogens is 448 g/mol. The van der Waals surface area contributed by atoms with Gasteiger partial charge < -0.3 is 10.6 Å². The highest BCUT2D eigenvalue weighted by atomic mass is 32.1. The van der Waals surface area contributed by atoms with Gasteiger partial charge in [-0.15, -0.1) is 11.3 Å². The van der Waals surface area contributed by atoms with E-state index < -0.39 is 0 Å². The van der Waals surface area contributed by atoms with Crippen molar-refractivity contribution in [1.29, 1.82) is 0 Å². The number of amides is 2. The van der Waals surface area contributed by atoms with Crippen molar-refractivity contribution in [2.75, 3.05) is 11.9 Å². The fourth-order valence-corrected chi connectivity index (χ4v) is 6.39. The monoisotopic (exact) mass is 478 g/mol. The number of aliphatic imine (C=N–C) groups is 2. The number of thiophene rings is 1. The Morgan fingerprint density at radius 3 is 2.82 bits per heavy atom. The molecule has 0 radical (unpaired) electrons. The molecule has 1 unspecified atom stereocenters. The molecule has 0 aliphatic heterocycles.